The molecule has 3 aromatic rings. The first-order chi connectivity index (χ1) is 15.2. The predicted octanol–water partition coefficient (Wildman–Crippen LogP) is 3.47. The highest BCUT2D eigenvalue weighted by atomic mass is 16.6. The van der Waals surface area contributed by atoms with Gasteiger partial charge in [-0.2, -0.15) is 0 Å². The number of aromatic nitrogens is 1. The van der Waals surface area contributed by atoms with E-state index in [1.807, 2.05) is 18.2 Å². The van der Waals surface area contributed by atoms with Crippen molar-refractivity contribution in [2.75, 3.05) is 25.1 Å². The van der Waals surface area contributed by atoms with Gasteiger partial charge in [0.2, 0.25) is 0 Å². The van der Waals surface area contributed by atoms with Gasteiger partial charge in [-0.05, 0) is 29.8 Å². The number of fused-ring (bicyclic) bond motifs is 2. The van der Waals surface area contributed by atoms with Crippen LogP contribution < -0.4 is 20.1 Å². The van der Waals surface area contributed by atoms with Crippen LogP contribution in [0.1, 0.15) is 11.3 Å². The van der Waals surface area contributed by atoms with E-state index in [9.17, 15) is 4.79 Å². The monoisotopic (exact) mass is 418 g/mol. The standard InChI is InChI=1S/C24H26N4O3/c29-24(26-19-8-9-22-23(13-19)31-12-11-30-22)25-14-21-17-27-10-4-7-20(27)16-28(21)15-18-5-2-1-3-6-18/h1-10,13,21H,11-12,14-17H2,(H2,25,26,29). The van der Waals surface area contributed by atoms with Crippen LogP contribution in [0.3, 0.4) is 0 Å². The summed E-state index contributed by atoms with van der Waals surface area (Å²) in [7, 11) is 0. The van der Waals surface area contributed by atoms with Gasteiger partial charge in [0.05, 0.1) is 0 Å². The number of anilines is 1. The molecule has 1 aromatic heterocycles. The quantitative estimate of drug-likeness (QED) is 0.666. The van der Waals surface area contributed by atoms with Gasteiger partial charge >= 0.3 is 6.03 Å². The summed E-state index contributed by atoms with van der Waals surface area (Å²) in [5.74, 6) is 1.36. The Bertz CT molecular complexity index is 1050. The topological polar surface area (TPSA) is 67.8 Å². The van der Waals surface area contributed by atoms with Crippen molar-refractivity contribution in [3.63, 3.8) is 0 Å². The van der Waals surface area contributed by atoms with E-state index in [4.69, 9.17) is 9.47 Å². The molecule has 160 valence electrons. The minimum Gasteiger partial charge on any atom is -0.486 e. The lowest BCUT2D eigenvalue weighted by molar-refractivity contribution is 0.130. The number of rotatable bonds is 5. The number of nitrogens with zero attached hydrogens (tertiary/aromatic N) is 2. The van der Waals surface area contributed by atoms with Gasteiger partial charge in [-0.25, -0.2) is 4.79 Å². The highest BCUT2D eigenvalue weighted by molar-refractivity contribution is 5.89. The van der Waals surface area contributed by atoms with Gasteiger partial charge < -0.3 is 24.7 Å². The smallest absolute Gasteiger partial charge is 0.319 e. The lowest BCUT2D eigenvalue weighted by atomic mass is 10.1. The summed E-state index contributed by atoms with van der Waals surface area (Å²) in [6, 6.07) is 20.1. The van der Waals surface area contributed by atoms with Crippen molar-refractivity contribution in [2.24, 2.45) is 0 Å². The molecule has 0 fully saturated rings. The van der Waals surface area contributed by atoms with E-state index in [1.165, 1.54) is 11.3 Å². The van der Waals surface area contributed by atoms with E-state index in [-0.39, 0.29) is 12.1 Å². The number of nitrogens with one attached hydrogen (secondary N) is 2. The molecule has 5 rings (SSSR count). The van der Waals surface area contributed by atoms with Crippen molar-refractivity contribution in [2.45, 2.75) is 25.7 Å². The number of carbonyl (C=O) groups is 1. The third-order valence-electron chi connectivity index (χ3n) is 5.74. The van der Waals surface area contributed by atoms with Crippen molar-refractivity contribution in [1.82, 2.24) is 14.8 Å². The van der Waals surface area contributed by atoms with Crippen LogP contribution in [0, 0.1) is 0 Å². The number of carbonyl (C=O) groups excluding carboxylic acids is 1. The summed E-state index contributed by atoms with van der Waals surface area (Å²) in [5.41, 5.74) is 3.25. The van der Waals surface area contributed by atoms with Crippen molar-refractivity contribution < 1.29 is 14.3 Å². The Balaban J connectivity index is 1.22. The molecule has 1 unspecified atom stereocenters. The van der Waals surface area contributed by atoms with Crippen molar-refractivity contribution >= 4 is 11.7 Å². The van der Waals surface area contributed by atoms with E-state index in [0.717, 1.165) is 19.6 Å². The third kappa shape index (κ3) is 4.51. The SMILES string of the molecule is O=C(NCC1Cn2cccc2CN1Cc1ccccc1)Nc1ccc2c(c1)OCCO2. The highest BCUT2D eigenvalue weighted by Gasteiger charge is 2.26. The lowest BCUT2D eigenvalue weighted by Crippen LogP contribution is -2.49. The second kappa shape index (κ2) is 8.73. The second-order valence-corrected chi connectivity index (χ2v) is 7.89. The summed E-state index contributed by atoms with van der Waals surface area (Å²) in [6.07, 6.45) is 2.11. The maximum Gasteiger partial charge on any atom is 0.319 e. The van der Waals surface area contributed by atoms with Gasteiger partial charge in [0.15, 0.2) is 11.5 Å². The molecule has 3 heterocycles. The average Bonchev–Trinajstić information content (AvgIpc) is 3.25. The Morgan fingerprint density at radius 2 is 1.84 bits per heavy atom. The average molecular weight is 418 g/mol. The second-order valence-electron chi connectivity index (χ2n) is 7.89. The van der Waals surface area contributed by atoms with Crippen molar-refractivity contribution in [3.8, 4) is 11.5 Å². The molecular formula is C24H26N4O3. The first-order valence-corrected chi connectivity index (χ1v) is 10.6. The Labute approximate surface area is 181 Å². The van der Waals surface area contributed by atoms with Gasteiger partial charge in [-0.3, -0.25) is 4.90 Å². The Morgan fingerprint density at radius 1 is 1.00 bits per heavy atom. The number of benzene rings is 2. The number of hydrogen-bond donors (Lipinski definition) is 2. The molecule has 0 spiro atoms. The minimum absolute atomic E-state index is 0.200. The van der Waals surface area contributed by atoms with Gasteiger partial charge in [-0.1, -0.05) is 30.3 Å². The van der Waals surface area contributed by atoms with Crippen LogP contribution in [0.5, 0.6) is 11.5 Å². The van der Waals surface area contributed by atoms with Gasteiger partial charge in [0.1, 0.15) is 13.2 Å². The summed E-state index contributed by atoms with van der Waals surface area (Å²) in [6.45, 7) is 4.17. The number of ether oxygens (including phenoxy) is 2. The maximum absolute atomic E-state index is 12.6. The van der Waals surface area contributed by atoms with Gasteiger partial charge in [0.25, 0.3) is 0 Å². The van der Waals surface area contributed by atoms with Crippen LogP contribution in [0.2, 0.25) is 0 Å². The van der Waals surface area contributed by atoms with Gasteiger partial charge in [0, 0.05) is 55.9 Å². The number of amides is 2. The summed E-state index contributed by atoms with van der Waals surface area (Å²) in [5, 5.41) is 5.94. The Kier molecular flexibility index (Phi) is 5.50. The van der Waals surface area contributed by atoms with E-state index >= 15 is 0 Å². The minimum atomic E-state index is -0.227. The van der Waals surface area contributed by atoms with E-state index in [1.54, 1.807) is 6.07 Å². The van der Waals surface area contributed by atoms with Crippen LogP contribution in [0.15, 0.2) is 66.9 Å². The summed E-state index contributed by atoms with van der Waals surface area (Å²) in [4.78, 5) is 15.0. The van der Waals surface area contributed by atoms with Crippen molar-refractivity contribution in [1.29, 1.82) is 0 Å². The molecule has 2 aliphatic heterocycles. The highest BCUT2D eigenvalue weighted by Crippen LogP contribution is 2.32. The maximum atomic E-state index is 12.6. The molecule has 1 atom stereocenters. The predicted molar refractivity (Wildman–Crippen MR) is 118 cm³/mol. The fourth-order valence-electron chi connectivity index (χ4n) is 4.15. The molecule has 0 saturated carbocycles. The molecule has 31 heavy (non-hydrogen) atoms. The zero-order chi connectivity index (χ0) is 21.0. The fourth-order valence-corrected chi connectivity index (χ4v) is 4.15. The first-order valence-electron chi connectivity index (χ1n) is 10.6. The summed E-state index contributed by atoms with van der Waals surface area (Å²) >= 11 is 0. The van der Waals surface area contributed by atoms with Crippen LogP contribution in [-0.2, 0) is 19.6 Å². The molecule has 0 radical (unpaired) electrons. The zero-order valence-electron chi connectivity index (χ0n) is 17.3. The molecule has 7 nitrogen and oxygen atoms in total. The van der Waals surface area contributed by atoms with E-state index in [2.05, 4.69) is 62.7 Å². The lowest BCUT2D eigenvalue weighted by Gasteiger charge is -2.37. The van der Waals surface area contributed by atoms with E-state index < -0.39 is 0 Å². The fraction of sp³-hybridized carbons (Fsp3) is 0.292. The largest absolute Gasteiger partial charge is 0.486 e. The molecule has 0 saturated heterocycles. The molecule has 0 bridgehead atoms. The Hall–Kier alpha value is -3.45. The van der Waals surface area contributed by atoms with Crippen molar-refractivity contribution in [3.05, 3.63) is 78.1 Å². The summed E-state index contributed by atoms with van der Waals surface area (Å²) < 4.78 is 13.4. The zero-order valence-corrected chi connectivity index (χ0v) is 17.3. The van der Waals surface area contributed by atoms with Crippen LogP contribution in [-0.4, -0.2) is 41.3 Å². The molecule has 0 aliphatic carbocycles. The molecule has 2 amide bonds. The van der Waals surface area contributed by atoms with Gasteiger partial charge in [-0.15, -0.1) is 0 Å². The molecule has 2 aliphatic rings. The van der Waals surface area contributed by atoms with E-state index in [0.29, 0.717) is 36.9 Å². The van der Waals surface area contributed by atoms with Crippen LogP contribution in [0.4, 0.5) is 10.5 Å². The molecule has 2 aromatic carbocycles. The van der Waals surface area contributed by atoms with Crippen LogP contribution >= 0.6 is 0 Å². The number of hydrogen-bond acceptors (Lipinski definition) is 4. The molecular weight excluding hydrogens is 392 g/mol. The van der Waals surface area contributed by atoms with Crippen LogP contribution in [0.25, 0.3) is 0 Å². The Morgan fingerprint density at radius 3 is 2.71 bits per heavy atom. The first kappa shape index (κ1) is 19.5. The normalized spacial score (nSPS) is 17.6. The molecule has 7 heteroatoms. The third-order valence-corrected chi connectivity index (χ3v) is 5.74. The molecule has 2 N–H and O–H groups in total. The number of urea groups is 1.